The maximum absolute atomic E-state index is 13.7. The van der Waals surface area contributed by atoms with Gasteiger partial charge in [-0.3, -0.25) is 0 Å². The van der Waals surface area contributed by atoms with Gasteiger partial charge in [-0.2, -0.15) is 4.98 Å². The van der Waals surface area contributed by atoms with Crippen LogP contribution in [0.4, 0.5) is 16.2 Å². The summed E-state index contributed by atoms with van der Waals surface area (Å²) in [6.45, 7) is 7.27. The Morgan fingerprint density at radius 3 is 2.68 bits per heavy atom. The van der Waals surface area contributed by atoms with Crippen LogP contribution >= 0.6 is 0 Å². The van der Waals surface area contributed by atoms with Gasteiger partial charge in [0.15, 0.2) is 11.6 Å². The van der Waals surface area contributed by atoms with E-state index in [9.17, 15) is 4.39 Å². The molecule has 0 spiro atoms. The van der Waals surface area contributed by atoms with Crippen molar-refractivity contribution in [3.8, 4) is 0 Å². The van der Waals surface area contributed by atoms with Crippen LogP contribution < -0.4 is 10.6 Å². The van der Waals surface area contributed by atoms with Gasteiger partial charge in [-0.15, -0.1) is 0 Å². The SMILES string of the molecule is CCNc1ncc(F)c(NC2CCC(C)(C)CC2)n1. The molecule has 1 aromatic heterocycles. The molecule has 4 nitrogen and oxygen atoms in total. The standard InChI is InChI=1S/C14H23FN4/c1-4-16-13-17-9-11(15)12(19-13)18-10-5-7-14(2,3)8-6-10/h9-10H,4-8H2,1-3H3,(H2,16,17,18,19). The smallest absolute Gasteiger partial charge is 0.224 e. The minimum atomic E-state index is -0.383. The second-order valence-electron chi connectivity index (χ2n) is 6.00. The summed E-state index contributed by atoms with van der Waals surface area (Å²) in [6.07, 6.45) is 5.68. The van der Waals surface area contributed by atoms with E-state index in [0.29, 0.717) is 23.2 Å². The predicted octanol–water partition coefficient (Wildman–Crippen LogP) is 3.43. The fraction of sp³-hybridized carbons (Fsp3) is 0.714. The van der Waals surface area contributed by atoms with Gasteiger partial charge in [-0.05, 0) is 38.0 Å². The molecule has 2 rings (SSSR count). The Kier molecular flexibility index (Phi) is 4.22. The first-order chi connectivity index (χ1) is 9.00. The first-order valence-electron chi connectivity index (χ1n) is 7.03. The van der Waals surface area contributed by atoms with Gasteiger partial charge < -0.3 is 10.6 Å². The highest BCUT2D eigenvalue weighted by atomic mass is 19.1. The lowest BCUT2D eigenvalue weighted by Gasteiger charge is -2.34. The third kappa shape index (κ3) is 3.78. The van der Waals surface area contributed by atoms with E-state index in [-0.39, 0.29) is 5.82 Å². The number of hydrogen-bond acceptors (Lipinski definition) is 4. The molecule has 0 amide bonds. The third-order valence-corrected chi connectivity index (χ3v) is 3.76. The van der Waals surface area contributed by atoms with Crippen LogP contribution in [-0.2, 0) is 0 Å². The van der Waals surface area contributed by atoms with Crippen molar-refractivity contribution >= 4 is 11.8 Å². The van der Waals surface area contributed by atoms with Crippen molar-refractivity contribution in [1.29, 1.82) is 0 Å². The Hall–Kier alpha value is -1.39. The molecule has 106 valence electrons. The molecule has 0 radical (unpaired) electrons. The van der Waals surface area contributed by atoms with E-state index in [2.05, 4.69) is 34.4 Å². The van der Waals surface area contributed by atoms with Crippen LogP contribution in [0.1, 0.15) is 46.5 Å². The average Bonchev–Trinajstić information content (AvgIpc) is 2.36. The van der Waals surface area contributed by atoms with Crippen molar-refractivity contribution in [2.24, 2.45) is 5.41 Å². The van der Waals surface area contributed by atoms with E-state index < -0.39 is 0 Å². The van der Waals surface area contributed by atoms with Gasteiger partial charge in [0.05, 0.1) is 6.20 Å². The Balaban J connectivity index is 2.00. The van der Waals surface area contributed by atoms with Gasteiger partial charge in [-0.25, -0.2) is 9.37 Å². The number of hydrogen-bond donors (Lipinski definition) is 2. The van der Waals surface area contributed by atoms with Crippen molar-refractivity contribution in [3.63, 3.8) is 0 Å². The first kappa shape index (κ1) is 14.0. The summed E-state index contributed by atoms with van der Waals surface area (Å²) in [7, 11) is 0. The molecule has 19 heavy (non-hydrogen) atoms. The first-order valence-corrected chi connectivity index (χ1v) is 7.03. The molecule has 5 heteroatoms. The van der Waals surface area contributed by atoms with Crippen molar-refractivity contribution in [2.75, 3.05) is 17.2 Å². The lowest BCUT2D eigenvalue weighted by molar-refractivity contribution is 0.232. The second-order valence-corrected chi connectivity index (χ2v) is 6.00. The van der Waals surface area contributed by atoms with Crippen LogP contribution in [0.2, 0.25) is 0 Å². The molecule has 1 heterocycles. The van der Waals surface area contributed by atoms with Crippen LogP contribution in [-0.4, -0.2) is 22.6 Å². The van der Waals surface area contributed by atoms with E-state index in [1.165, 1.54) is 6.20 Å². The average molecular weight is 266 g/mol. The molecule has 0 aromatic carbocycles. The Labute approximate surface area is 114 Å². The second kappa shape index (κ2) is 5.72. The van der Waals surface area contributed by atoms with Crippen LogP contribution in [0.5, 0.6) is 0 Å². The van der Waals surface area contributed by atoms with E-state index in [1.807, 2.05) is 6.92 Å². The fourth-order valence-corrected chi connectivity index (χ4v) is 2.45. The van der Waals surface area contributed by atoms with Gasteiger partial charge in [0.2, 0.25) is 5.95 Å². The van der Waals surface area contributed by atoms with Crippen LogP contribution in [0, 0.1) is 11.2 Å². The van der Waals surface area contributed by atoms with Crippen LogP contribution in [0.3, 0.4) is 0 Å². The number of rotatable bonds is 4. The molecule has 1 saturated carbocycles. The number of nitrogens with zero attached hydrogens (tertiary/aromatic N) is 2. The fourth-order valence-electron chi connectivity index (χ4n) is 2.45. The Bertz CT molecular complexity index is 423. The van der Waals surface area contributed by atoms with Crippen molar-refractivity contribution in [1.82, 2.24) is 9.97 Å². The van der Waals surface area contributed by atoms with Crippen LogP contribution in [0.15, 0.2) is 6.20 Å². The lowest BCUT2D eigenvalue weighted by atomic mass is 9.75. The highest BCUT2D eigenvalue weighted by molar-refractivity contribution is 5.41. The molecule has 0 saturated heterocycles. The number of aromatic nitrogens is 2. The molecule has 1 aromatic rings. The summed E-state index contributed by atoms with van der Waals surface area (Å²) in [5.74, 6) is 0.407. The summed E-state index contributed by atoms with van der Waals surface area (Å²) in [6, 6.07) is 0.312. The molecular weight excluding hydrogens is 243 g/mol. The minimum Gasteiger partial charge on any atom is -0.365 e. The van der Waals surface area contributed by atoms with Crippen molar-refractivity contribution < 1.29 is 4.39 Å². The zero-order valence-electron chi connectivity index (χ0n) is 12.0. The largest absolute Gasteiger partial charge is 0.365 e. The zero-order valence-corrected chi connectivity index (χ0v) is 12.0. The summed E-state index contributed by atoms with van der Waals surface area (Å²) in [5.41, 5.74) is 0.414. The number of anilines is 2. The molecule has 0 aliphatic heterocycles. The molecule has 0 unspecified atom stereocenters. The quantitative estimate of drug-likeness (QED) is 0.876. The molecule has 2 N–H and O–H groups in total. The van der Waals surface area contributed by atoms with Gasteiger partial charge in [-0.1, -0.05) is 13.8 Å². The van der Waals surface area contributed by atoms with Gasteiger partial charge in [0, 0.05) is 12.6 Å². The molecule has 1 aliphatic rings. The maximum atomic E-state index is 13.7. The highest BCUT2D eigenvalue weighted by Gasteiger charge is 2.27. The third-order valence-electron chi connectivity index (χ3n) is 3.76. The monoisotopic (exact) mass is 266 g/mol. The summed E-state index contributed by atoms with van der Waals surface area (Å²) in [4.78, 5) is 8.09. The number of halogens is 1. The van der Waals surface area contributed by atoms with Crippen LogP contribution in [0.25, 0.3) is 0 Å². The highest BCUT2D eigenvalue weighted by Crippen LogP contribution is 2.36. The zero-order chi connectivity index (χ0) is 13.9. The Morgan fingerprint density at radius 1 is 1.37 bits per heavy atom. The normalized spacial score (nSPS) is 19.2. The molecule has 0 bridgehead atoms. The molecule has 1 fully saturated rings. The van der Waals surface area contributed by atoms with Gasteiger partial charge >= 0.3 is 0 Å². The van der Waals surface area contributed by atoms with E-state index in [0.717, 1.165) is 32.2 Å². The Morgan fingerprint density at radius 2 is 2.05 bits per heavy atom. The summed E-state index contributed by atoms with van der Waals surface area (Å²) in [5, 5.41) is 6.22. The predicted molar refractivity (Wildman–Crippen MR) is 75.8 cm³/mol. The topological polar surface area (TPSA) is 49.8 Å². The molecular formula is C14H23FN4. The van der Waals surface area contributed by atoms with Crippen molar-refractivity contribution in [3.05, 3.63) is 12.0 Å². The van der Waals surface area contributed by atoms with E-state index in [4.69, 9.17) is 0 Å². The van der Waals surface area contributed by atoms with Crippen molar-refractivity contribution in [2.45, 2.75) is 52.5 Å². The minimum absolute atomic E-state index is 0.312. The summed E-state index contributed by atoms with van der Waals surface area (Å²) >= 11 is 0. The van der Waals surface area contributed by atoms with Gasteiger partial charge in [0.25, 0.3) is 0 Å². The lowest BCUT2D eigenvalue weighted by Crippen LogP contribution is -2.30. The summed E-state index contributed by atoms with van der Waals surface area (Å²) < 4.78 is 13.7. The van der Waals surface area contributed by atoms with E-state index >= 15 is 0 Å². The molecule has 1 aliphatic carbocycles. The maximum Gasteiger partial charge on any atom is 0.224 e. The molecule has 0 atom stereocenters. The van der Waals surface area contributed by atoms with Gasteiger partial charge in [0.1, 0.15) is 0 Å². The number of nitrogens with one attached hydrogen (secondary N) is 2. The van der Waals surface area contributed by atoms with E-state index in [1.54, 1.807) is 0 Å².